The van der Waals surface area contributed by atoms with Crippen LogP contribution in [0.5, 0.6) is 5.75 Å². The molecule has 2 aromatic carbocycles. The maximum Gasteiger partial charge on any atom is 0.418 e. The molecule has 3 fully saturated rings. The van der Waals surface area contributed by atoms with Gasteiger partial charge in [0.25, 0.3) is 0 Å². The van der Waals surface area contributed by atoms with Gasteiger partial charge in [0.2, 0.25) is 6.23 Å². The Kier molecular flexibility index (Phi) is 7.86. The van der Waals surface area contributed by atoms with Crippen molar-refractivity contribution in [1.82, 2.24) is 0 Å². The highest BCUT2D eigenvalue weighted by Crippen LogP contribution is 2.39. The topological polar surface area (TPSA) is 38.8 Å². The van der Waals surface area contributed by atoms with Crippen LogP contribution in [0.2, 0.25) is 0 Å². The molecule has 3 saturated heterocycles. The summed E-state index contributed by atoms with van der Waals surface area (Å²) in [6.07, 6.45) is 5.86. The number of carbonyl (C=O) groups excluding carboxylic acids is 1. The van der Waals surface area contributed by atoms with Crippen molar-refractivity contribution < 1.29 is 23.1 Å². The number of hydrogen-bond acceptors (Lipinski definition) is 3. The van der Waals surface area contributed by atoms with E-state index < -0.39 is 0 Å². The van der Waals surface area contributed by atoms with E-state index in [0.29, 0.717) is 24.8 Å². The first kappa shape index (κ1) is 23.6. The molecule has 0 aromatic heterocycles. The van der Waals surface area contributed by atoms with E-state index in [2.05, 4.69) is 6.92 Å². The molecule has 0 saturated carbocycles. The highest BCUT2D eigenvalue weighted by atomic mass is 19.1. The van der Waals surface area contributed by atoms with E-state index in [1.807, 2.05) is 30.3 Å². The standard InChI is InChI=1S/C27H36FN2O3/c1-2-3-16-29(24-8-5-4-6-9-24)27(31)33-26-21-22-14-18-30(26,19-15-22)17-7-20-32-25-12-10-23(28)11-13-25/h4-6,8-13,22,26H,2-3,7,14-21H2,1H3/q+1/t22?,26-,30?/m1/s1. The molecule has 1 atom stereocenters. The van der Waals surface area contributed by atoms with Crippen molar-refractivity contribution in [2.24, 2.45) is 5.92 Å². The summed E-state index contributed by atoms with van der Waals surface area (Å²) in [7, 11) is 0. The van der Waals surface area contributed by atoms with Crippen LogP contribution in [0, 0.1) is 11.7 Å². The summed E-state index contributed by atoms with van der Waals surface area (Å²) in [5.41, 5.74) is 0.895. The van der Waals surface area contributed by atoms with Crippen LogP contribution in [-0.4, -0.2) is 49.6 Å². The number of anilines is 1. The van der Waals surface area contributed by atoms with Gasteiger partial charge in [-0.05, 0) is 48.7 Å². The molecular formula is C27H36FN2O3+. The Morgan fingerprint density at radius 1 is 1.06 bits per heavy atom. The Labute approximate surface area is 196 Å². The fourth-order valence-electron chi connectivity index (χ4n) is 5.23. The largest absolute Gasteiger partial charge is 0.493 e. The number of para-hydroxylation sites is 1. The number of halogens is 1. The average molecular weight is 456 g/mol. The minimum absolute atomic E-state index is 0.0938. The van der Waals surface area contributed by atoms with Gasteiger partial charge in [0.15, 0.2) is 0 Å². The average Bonchev–Trinajstić information content (AvgIpc) is 2.85. The van der Waals surface area contributed by atoms with Gasteiger partial charge in [-0.1, -0.05) is 31.5 Å². The Morgan fingerprint density at radius 2 is 1.79 bits per heavy atom. The summed E-state index contributed by atoms with van der Waals surface area (Å²) < 4.78 is 26.0. The van der Waals surface area contributed by atoms with Gasteiger partial charge in [0, 0.05) is 37.9 Å². The lowest BCUT2D eigenvalue weighted by Gasteiger charge is -2.53. The molecule has 6 heteroatoms. The molecule has 5 rings (SSSR count). The van der Waals surface area contributed by atoms with Crippen molar-refractivity contribution in [3.05, 3.63) is 60.4 Å². The minimum atomic E-state index is -0.259. The normalized spacial score (nSPS) is 23.8. The van der Waals surface area contributed by atoms with Gasteiger partial charge >= 0.3 is 6.09 Å². The molecular weight excluding hydrogens is 419 g/mol. The quantitative estimate of drug-likeness (QED) is 0.326. The third kappa shape index (κ3) is 5.85. The second-order valence-electron chi connectivity index (χ2n) is 9.40. The fourth-order valence-corrected chi connectivity index (χ4v) is 5.23. The van der Waals surface area contributed by atoms with Gasteiger partial charge in [-0.25, -0.2) is 9.18 Å². The van der Waals surface area contributed by atoms with E-state index in [4.69, 9.17) is 9.47 Å². The number of quaternary nitrogens is 1. The van der Waals surface area contributed by atoms with E-state index in [0.717, 1.165) is 55.5 Å². The second-order valence-corrected chi connectivity index (χ2v) is 9.40. The summed E-state index contributed by atoms with van der Waals surface area (Å²) in [5, 5.41) is 0. The maximum absolute atomic E-state index is 13.3. The SMILES string of the molecule is CCCCN(C(=O)O[C@@H]1CC2CC[N+]1(CCCOc1ccc(F)cc1)CC2)c1ccccc1. The lowest BCUT2D eigenvalue weighted by atomic mass is 9.84. The van der Waals surface area contributed by atoms with Crippen LogP contribution in [0.15, 0.2) is 54.6 Å². The van der Waals surface area contributed by atoms with Gasteiger partial charge in [0.1, 0.15) is 11.6 Å². The third-order valence-corrected chi connectivity index (χ3v) is 7.20. The first-order chi connectivity index (χ1) is 16.1. The summed E-state index contributed by atoms with van der Waals surface area (Å²) in [6, 6.07) is 16.0. The zero-order valence-corrected chi connectivity index (χ0v) is 19.6. The number of amides is 1. The second kappa shape index (κ2) is 11.0. The molecule has 3 aliphatic rings. The molecule has 178 valence electrons. The number of fused-ring (bicyclic) bond motifs is 3. The molecule has 2 bridgehead atoms. The van der Waals surface area contributed by atoms with Gasteiger partial charge in [-0.15, -0.1) is 0 Å². The van der Waals surface area contributed by atoms with Crippen molar-refractivity contribution >= 4 is 11.8 Å². The maximum atomic E-state index is 13.3. The van der Waals surface area contributed by atoms with Gasteiger partial charge in [0.05, 0.1) is 26.2 Å². The number of piperidine rings is 3. The van der Waals surface area contributed by atoms with Crippen LogP contribution in [0.1, 0.15) is 45.4 Å². The number of hydrogen-bond donors (Lipinski definition) is 0. The van der Waals surface area contributed by atoms with Crippen molar-refractivity contribution in [1.29, 1.82) is 0 Å². The van der Waals surface area contributed by atoms with Gasteiger partial charge in [-0.2, -0.15) is 0 Å². The predicted octanol–water partition coefficient (Wildman–Crippen LogP) is 5.99. The van der Waals surface area contributed by atoms with Crippen molar-refractivity contribution in [2.45, 2.75) is 51.7 Å². The van der Waals surface area contributed by atoms with Crippen LogP contribution < -0.4 is 9.64 Å². The highest BCUT2D eigenvalue weighted by molar-refractivity contribution is 5.87. The van der Waals surface area contributed by atoms with E-state index in [1.165, 1.54) is 25.0 Å². The number of carbonyl (C=O) groups is 1. The number of unbranched alkanes of at least 4 members (excludes halogenated alkanes) is 1. The molecule has 33 heavy (non-hydrogen) atoms. The molecule has 0 unspecified atom stereocenters. The Balaban J connectivity index is 1.38. The van der Waals surface area contributed by atoms with Crippen molar-refractivity contribution in [3.63, 3.8) is 0 Å². The molecule has 3 aliphatic heterocycles. The number of benzene rings is 2. The van der Waals surface area contributed by atoms with Crippen LogP contribution >= 0.6 is 0 Å². The summed E-state index contributed by atoms with van der Waals surface area (Å²) in [6.45, 7) is 6.41. The molecule has 0 N–H and O–H groups in total. The third-order valence-electron chi connectivity index (χ3n) is 7.20. The number of nitrogens with zero attached hydrogens (tertiary/aromatic N) is 2. The summed E-state index contributed by atoms with van der Waals surface area (Å²) >= 11 is 0. The van der Waals surface area contributed by atoms with Crippen LogP contribution in [-0.2, 0) is 4.74 Å². The van der Waals surface area contributed by atoms with Gasteiger partial charge in [-0.3, -0.25) is 9.38 Å². The van der Waals surface area contributed by atoms with E-state index in [-0.39, 0.29) is 18.1 Å². The van der Waals surface area contributed by atoms with Crippen molar-refractivity contribution in [3.8, 4) is 5.75 Å². The Morgan fingerprint density at radius 3 is 2.48 bits per heavy atom. The monoisotopic (exact) mass is 455 g/mol. The number of rotatable bonds is 10. The molecule has 1 amide bonds. The number of ether oxygens (including phenoxy) is 2. The summed E-state index contributed by atoms with van der Waals surface area (Å²) in [4.78, 5) is 15.1. The van der Waals surface area contributed by atoms with E-state index in [9.17, 15) is 9.18 Å². The van der Waals surface area contributed by atoms with Crippen molar-refractivity contribution in [2.75, 3.05) is 37.7 Å². The van der Waals surface area contributed by atoms with E-state index >= 15 is 0 Å². The van der Waals surface area contributed by atoms with Crippen LogP contribution in [0.3, 0.4) is 0 Å². The smallest absolute Gasteiger partial charge is 0.418 e. The first-order valence-electron chi connectivity index (χ1n) is 12.4. The first-order valence-corrected chi connectivity index (χ1v) is 12.4. The molecule has 3 heterocycles. The fraction of sp³-hybridized carbons (Fsp3) is 0.519. The lowest BCUT2D eigenvalue weighted by molar-refractivity contribution is -0.984. The van der Waals surface area contributed by atoms with Gasteiger partial charge < -0.3 is 9.47 Å². The molecule has 0 radical (unpaired) electrons. The van der Waals surface area contributed by atoms with Crippen LogP contribution in [0.4, 0.5) is 14.9 Å². The zero-order chi connectivity index (χ0) is 23.1. The van der Waals surface area contributed by atoms with E-state index in [1.54, 1.807) is 17.0 Å². The molecule has 2 aromatic rings. The highest BCUT2D eigenvalue weighted by Gasteiger charge is 2.49. The predicted molar refractivity (Wildman–Crippen MR) is 128 cm³/mol. The lowest BCUT2D eigenvalue weighted by Crippen LogP contribution is -2.66. The van der Waals surface area contributed by atoms with Crippen LogP contribution in [0.25, 0.3) is 0 Å². The minimum Gasteiger partial charge on any atom is -0.493 e. The zero-order valence-electron chi connectivity index (χ0n) is 19.6. The Hall–Kier alpha value is -2.60. The molecule has 0 spiro atoms. The molecule has 5 nitrogen and oxygen atoms in total. The summed E-state index contributed by atoms with van der Waals surface area (Å²) in [5.74, 6) is 1.08. The Bertz CT molecular complexity index is 882. The molecule has 0 aliphatic carbocycles.